The molecular formula is C17H18BrNO. The van der Waals surface area contributed by atoms with Crippen molar-refractivity contribution in [2.75, 3.05) is 13.1 Å². The average Bonchev–Trinajstić information content (AvgIpc) is 2.48. The standard InChI is InChI=1S/C17H18BrNO/c1-2-19(12-14-8-4-3-5-9-14)13-17(20)15-10-6-7-11-16(15)18/h3-11H,2,12-13H2,1H3. The first-order valence-electron chi connectivity index (χ1n) is 6.74. The van der Waals surface area contributed by atoms with Crippen LogP contribution in [-0.2, 0) is 6.54 Å². The van der Waals surface area contributed by atoms with Gasteiger partial charge in [0.05, 0.1) is 6.54 Å². The number of likely N-dealkylation sites (N-methyl/N-ethyl adjacent to an activating group) is 1. The van der Waals surface area contributed by atoms with Crippen molar-refractivity contribution in [2.45, 2.75) is 13.5 Å². The summed E-state index contributed by atoms with van der Waals surface area (Å²) in [7, 11) is 0. The minimum Gasteiger partial charge on any atom is -0.293 e. The lowest BCUT2D eigenvalue weighted by atomic mass is 10.1. The Kier molecular flexibility index (Phi) is 5.50. The Balaban J connectivity index is 2.03. The summed E-state index contributed by atoms with van der Waals surface area (Å²) >= 11 is 3.44. The summed E-state index contributed by atoms with van der Waals surface area (Å²) in [5.41, 5.74) is 1.98. The van der Waals surface area contributed by atoms with Crippen molar-refractivity contribution >= 4 is 21.7 Å². The predicted octanol–water partition coefficient (Wildman–Crippen LogP) is 4.15. The van der Waals surface area contributed by atoms with E-state index in [1.165, 1.54) is 5.56 Å². The number of benzene rings is 2. The topological polar surface area (TPSA) is 20.3 Å². The van der Waals surface area contributed by atoms with E-state index < -0.39 is 0 Å². The normalized spacial score (nSPS) is 10.8. The highest BCUT2D eigenvalue weighted by Gasteiger charge is 2.13. The zero-order valence-corrected chi connectivity index (χ0v) is 13.1. The van der Waals surface area contributed by atoms with Crippen molar-refractivity contribution in [1.29, 1.82) is 0 Å². The molecule has 3 heteroatoms. The summed E-state index contributed by atoms with van der Waals surface area (Å²) in [4.78, 5) is 14.5. The smallest absolute Gasteiger partial charge is 0.177 e. The molecule has 0 saturated carbocycles. The van der Waals surface area contributed by atoms with Crippen LogP contribution in [0.4, 0.5) is 0 Å². The third-order valence-corrected chi connectivity index (χ3v) is 3.93. The number of hydrogen-bond donors (Lipinski definition) is 0. The van der Waals surface area contributed by atoms with Crippen LogP contribution in [0, 0.1) is 0 Å². The van der Waals surface area contributed by atoms with Gasteiger partial charge in [-0.05, 0) is 18.2 Å². The van der Waals surface area contributed by atoms with Crippen LogP contribution in [0.2, 0.25) is 0 Å². The Labute approximate surface area is 128 Å². The monoisotopic (exact) mass is 331 g/mol. The van der Waals surface area contributed by atoms with E-state index in [2.05, 4.69) is 39.9 Å². The van der Waals surface area contributed by atoms with Gasteiger partial charge in [-0.25, -0.2) is 0 Å². The molecule has 2 nitrogen and oxygen atoms in total. The van der Waals surface area contributed by atoms with E-state index in [1.807, 2.05) is 42.5 Å². The first kappa shape index (κ1) is 14.9. The van der Waals surface area contributed by atoms with E-state index in [-0.39, 0.29) is 5.78 Å². The van der Waals surface area contributed by atoms with Crippen LogP contribution in [0.15, 0.2) is 59.1 Å². The van der Waals surface area contributed by atoms with Crippen molar-refractivity contribution in [2.24, 2.45) is 0 Å². The highest BCUT2D eigenvalue weighted by atomic mass is 79.9. The number of halogens is 1. The molecule has 0 saturated heterocycles. The summed E-state index contributed by atoms with van der Waals surface area (Å²) in [6.45, 7) is 4.17. The molecule has 20 heavy (non-hydrogen) atoms. The first-order chi connectivity index (χ1) is 9.70. The maximum absolute atomic E-state index is 12.4. The molecule has 0 amide bonds. The van der Waals surface area contributed by atoms with Gasteiger partial charge in [0.1, 0.15) is 0 Å². The summed E-state index contributed by atoms with van der Waals surface area (Å²) in [6, 6.07) is 17.8. The second-order valence-corrected chi connectivity index (χ2v) is 5.55. The Morgan fingerprint density at radius 2 is 1.70 bits per heavy atom. The molecule has 0 N–H and O–H groups in total. The lowest BCUT2D eigenvalue weighted by molar-refractivity contribution is 0.0929. The SMILES string of the molecule is CCN(CC(=O)c1ccccc1Br)Cc1ccccc1. The third kappa shape index (κ3) is 4.02. The predicted molar refractivity (Wildman–Crippen MR) is 85.9 cm³/mol. The molecule has 0 bridgehead atoms. The molecule has 104 valence electrons. The molecular weight excluding hydrogens is 314 g/mol. The first-order valence-corrected chi connectivity index (χ1v) is 7.54. The molecule has 0 atom stereocenters. The minimum absolute atomic E-state index is 0.148. The zero-order valence-electron chi connectivity index (χ0n) is 11.6. The second kappa shape index (κ2) is 7.36. The van der Waals surface area contributed by atoms with Crippen molar-refractivity contribution in [3.63, 3.8) is 0 Å². The van der Waals surface area contributed by atoms with Crippen LogP contribution >= 0.6 is 15.9 Å². The largest absolute Gasteiger partial charge is 0.293 e. The highest BCUT2D eigenvalue weighted by Crippen LogP contribution is 2.17. The third-order valence-electron chi connectivity index (χ3n) is 3.24. The molecule has 2 aromatic rings. The molecule has 0 aliphatic heterocycles. The van der Waals surface area contributed by atoms with Crippen molar-refractivity contribution in [3.8, 4) is 0 Å². The fraction of sp³-hybridized carbons (Fsp3) is 0.235. The zero-order chi connectivity index (χ0) is 14.4. The van der Waals surface area contributed by atoms with E-state index in [1.54, 1.807) is 0 Å². The number of carbonyl (C=O) groups is 1. The van der Waals surface area contributed by atoms with Gasteiger partial charge in [-0.2, -0.15) is 0 Å². The number of Topliss-reactive ketones (excluding diaryl/α,β-unsaturated/α-hetero) is 1. The quantitative estimate of drug-likeness (QED) is 0.741. The van der Waals surface area contributed by atoms with Gasteiger partial charge in [-0.15, -0.1) is 0 Å². The molecule has 0 aliphatic rings. The number of ketones is 1. The fourth-order valence-corrected chi connectivity index (χ4v) is 2.60. The van der Waals surface area contributed by atoms with Gasteiger partial charge < -0.3 is 0 Å². The van der Waals surface area contributed by atoms with E-state index >= 15 is 0 Å². The van der Waals surface area contributed by atoms with Gasteiger partial charge in [-0.1, -0.05) is 71.4 Å². The van der Waals surface area contributed by atoms with Crippen LogP contribution < -0.4 is 0 Å². The second-order valence-electron chi connectivity index (χ2n) is 4.69. The van der Waals surface area contributed by atoms with Crippen LogP contribution in [0.1, 0.15) is 22.8 Å². The van der Waals surface area contributed by atoms with Crippen LogP contribution in [-0.4, -0.2) is 23.8 Å². The van der Waals surface area contributed by atoms with Crippen LogP contribution in [0.25, 0.3) is 0 Å². The molecule has 2 rings (SSSR count). The van der Waals surface area contributed by atoms with E-state index in [4.69, 9.17) is 0 Å². The minimum atomic E-state index is 0.148. The molecule has 0 fully saturated rings. The molecule has 2 aromatic carbocycles. The lowest BCUT2D eigenvalue weighted by Crippen LogP contribution is -2.29. The Morgan fingerprint density at radius 1 is 1.05 bits per heavy atom. The van der Waals surface area contributed by atoms with Gasteiger partial charge in [-0.3, -0.25) is 9.69 Å². The maximum atomic E-state index is 12.4. The number of nitrogens with zero attached hydrogens (tertiary/aromatic N) is 1. The molecule has 0 aromatic heterocycles. The summed E-state index contributed by atoms with van der Waals surface area (Å²) in [5, 5.41) is 0. The van der Waals surface area contributed by atoms with Crippen LogP contribution in [0.5, 0.6) is 0 Å². The maximum Gasteiger partial charge on any atom is 0.177 e. The summed E-state index contributed by atoms with van der Waals surface area (Å²) in [5.74, 6) is 0.148. The number of rotatable bonds is 6. The molecule has 0 radical (unpaired) electrons. The Morgan fingerprint density at radius 3 is 2.35 bits per heavy atom. The van der Waals surface area contributed by atoms with Gasteiger partial charge >= 0.3 is 0 Å². The van der Waals surface area contributed by atoms with Crippen molar-refractivity contribution in [3.05, 3.63) is 70.2 Å². The van der Waals surface area contributed by atoms with E-state index in [0.29, 0.717) is 6.54 Å². The van der Waals surface area contributed by atoms with Gasteiger partial charge in [0, 0.05) is 16.6 Å². The van der Waals surface area contributed by atoms with Crippen molar-refractivity contribution < 1.29 is 4.79 Å². The average molecular weight is 332 g/mol. The molecule has 0 aliphatic carbocycles. The Bertz CT molecular complexity index is 568. The Hall–Kier alpha value is -1.45. The highest BCUT2D eigenvalue weighted by molar-refractivity contribution is 9.10. The van der Waals surface area contributed by atoms with Gasteiger partial charge in [0.2, 0.25) is 0 Å². The van der Waals surface area contributed by atoms with Gasteiger partial charge in [0.15, 0.2) is 5.78 Å². The molecule has 0 heterocycles. The fourth-order valence-electron chi connectivity index (χ4n) is 2.10. The van der Waals surface area contributed by atoms with E-state index in [0.717, 1.165) is 23.1 Å². The number of hydrogen-bond acceptors (Lipinski definition) is 2. The van der Waals surface area contributed by atoms with Crippen LogP contribution in [0.3, 0.4) is 0 Å². The van der Waals surface area contributed by atoms with Gasteiger partial charge in [0.25, 0.3) is 0 Å². The van der Waals surface area contributed by atoms with Crippen molar-refractivity contribution in [1.82, 2.24) is 4.90 Å². The number of carbonyl (C=O) groups excluding carboxylic acids is 1. The summed E-state index contributed by atoms with van der Waals surface area (Å²) in [6.07, 6.45) is 0. The summed E-state index contributed by atoms with van der Waals surface area (Å²) < 4.78 is 0.862. The lowest BCUT2D eigenvalue weighted by Gasteiger charge is -2.20. The van der Waals surface area contributed by atoms with E-state index in [9.17, 15) is 4.79 Å². The molecule has 0 unspecified atom stereocenters. The molecule has 0 spiro atoms.